The van der Waals surface area contributed by atoms with E-state index in [0.717, 1.165) is 12.1 Å². The maximum Gasteiger partial charge on any atom is 0.0655 e. The summed E-state index contributed by atoms with van der Waals surface area (Å²) in [6.07, 6.45) is 1.08. The van der Waals surface area contributed by atoms with Gasteiger partial charge in [0, 0.05) is 5.92 Å². The lowest BCUT2D eigenvalue weighted by Gasteiger charge is -2.22. The van der Waals surface area contributed by atoms with Gasteiger partial charge in [-0.05, 0) is 18.3 Å². The fraction of sp³-hybridized carbons (Fsp3) is 0.900. The predicted octanol–water partition coefficient (Wildman–Crippen LogP) is 2.57. The van der Waals surface area contributed by atoms with Crippen molar-refractivity contribution in [1.29, 1.82) is 0 Å². The molecule has 78 valence electrons. The summed E-state index contributed by atoms with van der Waals surface area (Å²) in [7, 11) is 0. The topological polar surface area (TPSA) is 47.6 Å². The van der Waals surface area contributed by atoms with Gasteiger partial charge in [0.2, 0.25) is 0 Å². The molecule has 0 aliphatic rings. The largest absolute Gasteiger partial charge is 0.303 e. The molecule has 3 heteroatoms. The van der Waals surface area contributed by atoms with Crippen molar-refractivity contribution in [2.45, 2.75) is 41.0 Å². The van der Waals surface area contributed by atoms with Crippen LogP contribution in [0.3, 0.4) is 0 Å². The Bertz CT molecular complexity index is 164. The van der Waals surface area contributed by atoms with Crippen LogP contribution >= 0.6 is 0 Å². The van der Waals surface area contributed by atoms with Gasteiger partial charge >= 0.3 is 0 Å². The lowest BCUT2D eigenvalue weighted by atomic mass is 9.84. The highest BCUT2D eigenvalue weighted by Gasteiger charge is 2.21. The van der Waals surface area contributed by atoms with E-state index in [1.807, 2.05) is 0 Å². The summed E-state index contributed by atoms with van der Waals surface area (Å²) >= 11 is 0. The summed E-state index contributed by atoms with van der Waals surface area (Å²) in [6.45, 7) is 10.8. The molecule has 0 spiro atoms. The van der Waals surface area contributed by atoms with Gasteiger partial charge in [-0.2, -0.15) is 0 Å². The molecule has 0 radical (unpaired) electrons. The van der Waals surface area contributed by atoms with Gasteiger partial charge in [-0.15, -0.1) is 5.90 Å². The fourth-order valence-corrected chi connectivity index (χ4v) is 1.68. The molecule has 0 aromatic heterocycles. The molecule has 3 nitrogen and oxygen atoms in total. The Morgan fingerprint density at radius 2 is 1.85 bits per heavy atom. The summed E-state index contributed by atoms with van der Waals surface area (Å²) in [5.41, 5.74) is 1.07. The highest BCUT2D eigenvalue weighted by atomic mass is 16.7. The Morgan fingerprint density at radius 1 is 1.31 bits per heavy atom. The minimum atomic E-state index is 0.399. The summed E-state index contributed by atoms with van der Waals surface area (Å²) in [5.74, 6) is 6.43. The summed E-state index contributed by atoms with van der Waals surface area (Å²) in [5, 5.41) is 3.91. The van der Waals surface area contributed by atoms with Gasteiger partial charge in [0.05, 0.1) is 5.71 Å². The van der Waals surface area contributed by atoms with E-state index in [4.69, 9.17) is 5.90 Å². The van der Waals surface area contributed by atoms with E-state index in [9.17, 15) is 0 Å². The van der Waals surface area contributed by atoms with Crippen molar-refractivity contribution in [1.82, 2.24) is 0 Å². The zero-order valence-corrected chi connectivity index (χ0v) is 9.37. The number of nitrogens with two attached hydrogens (primary N) is 1. The Kier molecular flexibility index (Phi) is 5.71. The molecular formula is C10H22N2O. The lowest BCUT2D eigenvalue weighted by Crippen LogP contribution is -2.25. The molecule has 0 saturated carbocycles. The molecular weight excluding hydrogens is 164 g/mol. The van der Waals surface area contributed by atoms with Gasteiger partial charge in [0.15, 0.2) is 0 Å². The van der Waals surface area contributed by atoms with Crippen molar-refractivity contribution in [3.05, 3.63) is 0 Å². The number of oxime groups is 1. The average Bonchev–Trinajstić information content (AvgIpc) is 2.03. The van der Waals surface area contributed by atoms with Gasteiger partial charge in [0.1, 0.15) is 0 Å². The Morgan fingerprint density at radius 3 is 2.08 bits per heavy atom. The highest BCUT2D eigenvalue weighted by Crippen LogP contribution is 2.21. The molecule has 0 rings (SSSR count). The van der Waals surface area contributed by atoms with Crippen LogP contribution in [0.1, 0.15) is 41.0 Å². The van der Waals surface area contributed by atoms with Crippen LogP contribution in [0.5, 0.6) is 0 Å². The maximum absolute atomic E-state index is 4.97. The van der Waals surface area contributed by atoms with E-state index < -0.39 is 0 Å². The van der Waals surface area contributed by atoms with E-state index in [2.05, 4.69) is 44.7 Å². The van der Waals surface area contributed by atoms with Gasteiger partial charge < -0.3 is 4.94 Å². The van der Waals surface area contributed by atoms with Crippen LogP contribution in [-0.2, 0) is 4.94 Å². The average molecular weight is 186 g/mol. The molecule has 0 fully saturated rings. The molecule has 0 aliphatic heterocycles. The first-order valence-electron chi connectivity index (χ1n) is 4.98. The number of nitrogens with zero attached hydrogens (tertiary/aromatic N) is 1. The second-order valence-corrected chi connectivity index (χ2v) is 4.04. The van der Waals surface area contributed by atoms with E-state index >= 15 is 0 Å². The number of hydrogen-bond acceptors (Lipinski definition) is 3. The first kappa shape index (κ1) is 12.4. The van der Waals surface area contributed by atoms with Crippen LogP contribution in [0.4, 0.5) is 0 Å². The molecule has 1 unspecified atom stereocenters. The zero-order chi connectivity index (χ0) is 10.4. The molecule has 1 atom stereocenters. The van der Waals surface area contributed by atoms with Crippen molar-refractivity contribution in [3.63, 3.8) is 0 Å². The first-order valence-corrected chi connectivity index (χ1v) is 4.98. The molecule has 0 bridgehead atoms. The van der Waals surface area contributed by atoms with Crippen LogP contribution in [-0.4, -0.2) is 5.71 Å². The van der Waals surface area contributed by atoms with Gasteiger partial charge in [0.25, 0.3) is 0 Å². The minimum Gasteiger partial charge on any atom is -0.303 e. The lowest BCUT2D eigenvalue weighted by molar-refractivity contribution is 0.144. The van der Waals surface area contributed by atoms with Crippen molar-refractivity contribution >= 4 is 5.71 Å². The Balaban J connectivity index is 4.59. The van der Waals surface area contributed by atoms with E-state index in [1.165, 1.54) is 0 Å². The first-order chi connectivity index (χ1) is 6.04. The molecule has 0 saturated heterocycles. The second kappa shape index (κ2) is 5.97. The second-order valence-electron chi connectivity index (χ2n) is 4.04. The van der Waals surface area contributed by atoms with Crippen molar-refractivity contribution in [3.8, 4) is 0 Å². The Labute approximate surface area is 81.3 Å². The summed E-state index contributed by atoms with van der Waals surface area (Å²) in [6, 6.07) is 0. The smallest absolute Gasteiger partial charge is 0.0655 e. The monoisotopic (exact) mass is 186 g/mol. The molecule has 0 heterocycles. The van der Waals surface area contributed by atoms with E-state index in [1.54, 1.807) is 0 Å². The molecule has 0 aliphatic carbocycles. The van der Waals surface area contributed by atoms with Gasteiger partial charge in [-0.3, -0.25) is 0 Å². The molecule has 0 amide bonds. The summed E-state index contributed by atoms with van der Waals surface area (Å²) in [4.78, 5) is 4.39. The third-order valence-corrected chi connectivity index (χ3v) is 2.37. The standard InChI is InChI=1S/C10H22N2O/c1-6-9(7(2)3)10(8(4)5)12-13-11/h7-9H,6,11H2,1-5H3/b12-10-. The summed E-state index contributed by atoms with van der Waals surface area (Å²) < 4.78 is 0. The Hall–Kier alpha value is -0.570. The molecule has 0 aromatic carbocycles. The highest BCUT2D eigenvalue weighted by molar-refractivity contribution is 5.88. The van der Waals surface area contributed by atoms with Crippen LogP contribution in [0.25, 0.3) is 0 Å². The predicted molar refractivity (Wildman–Crippen MR) is 56.2 cm³/mol. The number of hydrogen-bond donors (Lipinski definition) is 1. The van der Waals surface area contributed by atoms with Crippen LogP contribution < -0.4 is 5.90 Å². The van der Waals surface area contributed by atoms with E-state index in [-0.39, 0.29) is 0 Å². The minimum absolute atomic E-state index is 0.399. The van der Waals surface area contributed by atoms with Crippen LogP contribution in [0, 0.1) is 17.8 Å². The zero-order valence-electron chi connectivity index (χ0n) is 9.37. The maximum atomic E-state index is 4.97. The van der Waals surface area contributed by atoms with Gasteiger partial charge in [-0.1, -0.05) is 39.8 Å². The molecule has 13 heavy (non-hydrogen) atoms. The third-order valence-electron chi connectivity index (χ3n) is 2.37. The SMILES string of the molecule is CCC(/C(=N\ON)C(C)C)C(C)C. The van der Waals surface area contributed by atoms with Gasteiger partial charge in [-0.25, -0.2) is 0 Å². The van der Waals surface area contributed by atoms with Crippen LogP contribution in [0.15, 0.2) is 5.16 Å². The molecule has 0 aromatic rings. The fourth-order valence-electron chi connectivity index (χ4n) is 1.68. The van der Waals surface area contributed by atoms with Crippen molar-refractivity contribution in [2.24, 2.45) is 28.8 Å². The van der Waals surface area contributed by atoms with Crippen molar-refractivity contribution < 1.29 is 4.94 Å². The third kappa shape index (κ3) is 3.77. The molecule has 2 N–H and O–H groups in total. The number of rotatable bonds is 5. The van der Waals surface area contributed by atoms with Crippen LogP contribution in [0.2, 0.25) is 0 Å². The van der Waals surface area contributed by atoms with E-state index in [0.29, 0.717) is 17.8 Å². The normalized spacial score (nSPS) is 15.2. The quantitative estimate of drug-likeness (QED) is 0.530. The van der Waals surface area contributed by atoms with Crippen molar-refractivity contribution in [2.75, 3.05) is 0 Å².